The van der Waals surface area contributed by atoms with Crippen molar-refractivity contribution >= 4 is 27.3 Å². The van der Waals surface area contributed by atoms with Crippen LogP contribution in [0.3, 0.4) is 0 Å². The van der Waals surface area contributed by atoms with Gasteiger partial charge in [0.15, 0.2) is 11.5 Å². The molecule has 180 valence electrons. The van der Waals surface area contributed by atoms with Crippen LogP contribution in [0, 0.1) is 5.92 Å². The summed E-state index contributed by atoms with van der Waals surface area (Å²) in [5, 5.41) is 5.04. The van der Waals surface area contributed by atoms with E-state index < -0.39 is 16.1 Å². The van der Waals surface area contributed by atoms with Crippen LogP contribution in [0.15, 0.2) is 34.5 Å². The predicted molar refractivity (Wildman–Crippen MR) is 127 cm³/mol. The Morgan fingerprint density at radius 2 is 1.97 bits per heavy atom. The average Bonchev–Trinajstić information content (AvgIpc) is 3.12. The van der Waals surface area contributed by atoms with Gasteiger partial charge in [0, 0.05) is 43.5 Å². The summed E-state index contributed by atoms with van der Waals surface area (Å²) in [5.41, 5.74) is 1.36. The number of hydrogen-bond donors (Lipinski definition) is 2. The Bertz CT molecular complexity index is 1080. The molecule has 1 unspecified atom stereocenters. The van der Waals surface area contributed by atoms with E-state index in [4.69, 9.17) is 9.47 Å². The number of ether oxygens (including phenoxy) is 2. The molecular weight excluding hydrogens is 462 g/mol. The average molecular weight is 494 g/mol. The predicted octanol–water partition coefficient (Wildman–Crippen LogP) is 2.39. The fraction of sp³-hybridized carbons (Fsp3) is 0.522. The van der Waals surface area contributed by atoms with E-state index in [1.165, 1.54) is 22.6 Å². The molecule has 0 bridgehead atoms. The Balaban J connectivity index is 1.35. The number of nitrogens with one attached hydrogen (secondary N) is 2. The van der Waals surface area contributed by atoms with Crippen LogP contribution in [-0.4, -0.2) is 58.1 Å². The van der Waals surface area contributed by atoms with Crippen molar-refractivity contribution in [3.63, 3.8) is 0 Å². The molecule has 2 aliphatic heterocycles. The van der Waals surface area contributed by atoms with Gasteiger partial charge in [-0.2, -0.15) is 4.72 Å². The smallest absolute Gasteiger partial charge is 0.241 e. The second-order valence-electron chi connectivity index (χ2n) is 8.69. The molecule has 2 aliphatic rings. The van der Waals surface area contributed by atoms with Crippen LogP contribution in [0.4, 0.5) is 0 Å². The molecule has 0 spiro atoms. The zero-order valence-corrected chi connectivity index (χ0v) is 20.6. The number of hydrogen-bond acceptors (Lipinski definition) is 7. The Morgan fingerprint density at radius 3 is 2.76 bits per heavy atom. The zero-order valence-electron chi connectivity index (χ0n) is 19.0. The highest BCUT2D eigenvalue weighted by Gasteiger charge is 2.29. The van der Waals surface area contributed by atoms with Crippen molar-refractivity contribution < 1.29 is 22.7 Å². The van der Waals surface area contributed by atoms with Crippen molar-refractivity contribution in [3.05, 3.63) is 40.1 Å². The summed E-state index contributed by atoms with van der Waals surface area (Å²) in [6.45, 7) is 7.68. The van der Waals surface area contributed by atoms with Gasteiger partial charge in [0.1, 0.15) is 6.04 Å². The molecule has 2 N–H and O–H groups in total. The summed E-state index contributed by atoms with van der Waals surface area (Å²) in [6, 6.07) is 5.80. The van der Waals surface area contributed by atoms with E-state index in [1.807, 2.05) is 13.8 Å². The highest BCUT2D eigenvalue weighted by molar-refractivity contribution is 7.89. The number of thiophene rings is 1. The minimum atomic E-state index is -3.92. The van der Waals surface area contributed by atoms with Crippen molar-refractivity contribution in [2.24, 2.45) is 5.92 Å². The van der Waals surface area contributed by atoms with Crippen LogP contribution in [-0.2, 0) is 27.8 Å². The van der Waals surface area contributed by atoms with Crippen LogP contribution in [0.1, 0.15) is 30.7 Å². The Hall–Kier alpha value is -2.14. The summed E-state index contributed by atoms with van der Waals surface area (Å²) in [6.07, 6.45) is 1.77. The maximum atomic E-state index is 13.0. The molecule has 1 aromatic heterocycles. The number of carbonyl (C=O) groups excluding carboxylic acids is 1. The fourth-order valence-electron chi connectivity index (χ4n) is 3.98. The molecule has 1 amide bonds. The lowest BCUT2D eigenvalue weighted by atomic mass is 10.1. The fourth-order valence-corrected chi connectivity index (χ4v) is 6.23. The number of fused-ring (bicyclic) bond motifs is 2. The van der Waals surface area contributed by atoms with Gasteiger partial charge in [0.25, 0.3) is 0 Å². The molecule has 0 aliphatic carbocycles. The van der Waals surface area contributed by atoms with Crippen molar-refractivity contribution in [3.8, 4) is 11.5 Å². The highest BCUT2D eigenvalue weighted by Crippen LogP contribution is 2.32. The van der Waals surface area contributed by atoms with Gasteiger partial charge in [-0.25, -0.2) is 8.42 Å². The molecule has 0 fully saturated rings. The van der Waals surface area contributed by atoms with Gasteiger partial charge in [-0.15, -0.1) is 11.3 Å². The maximum absolute atomic E-state index is 13.0. The van der Waals surface area contributed by atoms with Gasteiger partial charge < -0.3 is 14.8 Å². The summed E-state index contributed by atoms with van der Waals surface area (Å²) in [5.74, 6) is 0.382. The molecule has 33 heavy (non-hydrogen) atoms. The van der Waals surface area contributed by atoms with E-state index in [2.05, 4.69) is 26.4 Å². The van der Waals surface area contributed by atoms with Crippen LogP contribution in [0.25, 0.3) is 0 Å². The number of rotatable bonds is 8. The number of benzene rings is 1. The largest absolute Gasteiger partial charge is 0.490 e. The third kappa shape index (κ3) is 5.87. The molecule has 0 radical (unpaired) electrons. The SMILES string of the molecule is CC(C)C(NS(=O)(=O)c1ccc2c(c1)OCCCO2)C(=O)NCCN1CCc2sccc2C1. The number of carbonyl (C=O) groups is 1. The van der Waals surface area contributed by atoms with Gasteiger partial charge in [-0.05, 0) is 41.5 Å². The molecule has 10 heteroatoms. The third-order valence-electron chi connectivity index (χ3n) is 5.87. The van der Waals surface area contributed by atoms with Crippen LogP contribution in [0.5, 0.6) is 11.5 Å². The minimum absolute atomic E-state index is 0.0464. The zero-order chi connectivity index (χ0) is 23.4. The van der Waals surface area contributed by atoms with E-state index in [0.29, 0.717) is 31.3 Å². The molecule has 2 aromatic rings. The van der Waals surface area contributed by atoms with Crippen molar-refractivity contribution in [1.29, 1.82) is 0 Å². The van der Waals surface area contributed by atoms with Crippen molar-refractivity contribution in [2.45, 2.75) is 44.2 Å². The van der Waals surface area contributed by atoms with Crippen LogP contribution < -0.4 is 19.5 Å². The highest BCUT2D eigenvalue weighted by atomic mass is 32.2. The van der Waals surface area contributed by atoms with Gasteiger partial charge in [-0.3, -0.25) is 9.69 Å². The number of amides is 1. The Kier molecular flexibility index (Phi) is 7.58. The van der Waals surface area contributed by atoms with E-state index in [1.54, 1.807) is 17.4 Å². The lowest BCUT2D eigenvalue weighted by molar-refractivity contribution is -0.123. The standard InChI is InChI=1S/C23H31N3O5S2/c1-16(2)22(23(27)24-8-10-26-9-6-21-17(15-26)7-13-32-21)25-33(28,29)18-4-5-19-20(14-18)31-12-3-11-30-19/h4-5,7,13-14,16,22,25H,3,6,8-12,15H2,1-2H3,(H,24,27). The Labute approximate surface area is 199 Å². The van der Waals surface area contributed by atoms with Crippen LogP contribution >= 0.6 is 11.3 Å². The summed E-state index contributed by atoms with van der Waals surface area (Å²) < 4.78 is 39.8. The molecule has 0 saturated heterocycles. The van der Waals surface area contributed by atoms with Crippen molar-refractivity contribution in [1.82, 2.24) is 14.9 Å². The van der Waals surface area contributed by atoms with Crippen LogP contribution in [0.2, 0.25) is 0 Å². The first-order chi connectivity index (χ1) is 15.8. The number of nitrogens with zero attached hydrogens (tertiary/aromatic N) is 1. The molecular formula is C23H31N3O5S2. The maximum Gasteiger partial charge on any atom is 0.241 e. The van der Waals surface area contributed by atoms with Gasteiger partial charge in [-0.1, -0.05) is 13.8 Å². The first-order valence-corrected chi connectivity index (χ1v) is 13.7. The number of sulfonamides is 1. The summed E-state index contributed by atoms with van der Waals surface area (Å²) in [7, 11) is -3.92. The second-order valence-corrected chi connectivity index (χ2v) is 11.4. The van der Waals surface area contributed by atoms with E-state index in [-0.39, 0.29) is 16.7 Å². The molecule has 0 saturated carbocycles. The third-order valence-corrected chi connectivity index (χ3v) is 8.34. The lowest BCUT2D eigenvalue weighted by Gasteiger charge is -2.27. The summed E-state index contributed by atoms with van der Waals surface area (Å²) in [4.78, 5) is 16.7. The first-order valence-electron chi connectivity index (χ1n) is 11.3. The Morgan fingerprint density at radius 1 is 1.18 bits per heavy atom. The molecule has 3 heterocycles. The lowest BCUT2D eigenvalue weighted by Crippen LogP contribution is -2.50. The monoisotopic (exact) mass is 493 g/mol. The topological polar surface area (TPSA) is 97.0 Å². The van der Waals surface area contributed by atoms with Gasteiger partial charge in [0.2, 0.25) is 15.9 Å². The summed E-state index contributed by atoms with van der Waals surface area (Å²) >= 11 is 1.80. The van der Waals surface area contributed by atoms with Crippen molar-refractivity contribution in [2.75, 3.05) is 32.8 Å². The van der Waals surface area contributed by atoms with Gasteiger partial charge >= 0.3 is 0 Å². The van der Waals surface area contributed by atoms with Gasteiger partial charge in [0.05, 0.1) is 18.1 Å². The minimum Gasteiger partial charge on any atom is -0.490 e. The molecule has 4 rings (SSSR count). The molecule has 1 aromatic carbocycles. The molecule has 1 atom stereocenters. The first kappa shape index (κ1) is 24.0. The van der Waals surface area contributed by atoms with E-state index in [9.17, 15) is 13.2 Å². The second kappa shape index (κ2) is 10.4. The molecule has 8 nitrogen and oxygen atoms in total. The van der Waals surface area contributed by atoms with E-state index >= 15 is 0 Å². The van der Waals surface area contributed by atoms with E-state index in [0.717, 1.165) is 32.5 Å². The quantitative estimate of drug-likeness (QED) is 0.586. The normalized spacial score (nSPS) is 17.3.